The maximum atomic E-state index is 12.2. The van der Waals surface area contributed by atoms with Crippen LogP contribution in [-0.2, 0) is 11.2 Å². The fourth-order valence-electron chi connectivity index (χ4n) is 2.37. The third kappa shape index (κ3) is 5.40. The molecule has 1 heterocycles. The molecule has 1 amide bonds. The molecular weight excluding hydrogens is 376 g/mol. The van der Waals surface area contributed by atoms with E-state index in [0.29, 0.717) is 6.42 Å². The van der Waals surface area contributed by atoms with E-state index in [1.54, 1.807) is 6.20 Å². The number of nitrogens with one attached hydrogen (secondary N) is 1. The van der Waals surface area contributed by atoms with Gasteiger partial charge in [0.2, 0.25) is 5.91 Å². The Labute approximate surface area is 155 Å². The van der Waals surface area contributed by atoms with E-state index in [1.807, 2.05) is 78.9 Å². The van der Waals surface area contributed by atoms with Gasteiger partial charge < -0.3 is 5.32 Å². The number of benzene rings is 2. The highest BCUT2D eigenvalue weighted by Crippen LogP contribution is 2.15. The Hall–Kier alpha value is -2.72. The summed E-state index contributed by atoms with van der Waals surface area (Å²) in [6.45, 7) is 0. The molecule has 1 aromatic heterocycles. The van der Waals surface area contributed by atoms with Gasteiger partial charge in [-0.1, -0.05) is 52.3 Å². The standard InChI is InChI=1S/C21H17BrN2O/c22-18-10-7-17(8-11-18)15-21(25)24-20-6-3-4-16(14-20)9-12-19-5-1-2-13-23-19/h1-14H,15H2,(H,24,25)/b12-9+. The summed E-state index contributed by atoms with van der Waals surface area (Å²) in [5, 5.41) is 2.94. The van der Waals surface area contributed by atoms with Crippen LogP contribution in [0.15, 0.2) is 77.4 Å². The summed E-state index contributed by atoms with van der Waals surface area (Å²) in [5.74, 6) is -0.0341. The second-order valence-electron chi connectivity index (χ2n) is 5.56. The molecule has 2 aromatic carbocycles. The molecule has 3 nitrogen and oxygen atoms in total. The monoisotopic (exact) mass is 392 g/mol. The fraction of sp³-hybridized carbons (Fsp3) is 0.0476. The van der Waals surface area contributed by atoms with Crippen LogP contribution in [0.1, 0.15) is 16.8 Å². The summed E-state index contributed by atoms with van der Waals surface area (Å²) in [7, 11) is 0. The predicted octanol–water partition coefficient (Wildman–Crippen LogP) is 5.20. The molecule has 0 spiro atoms. The number of rotatable bonds is 5. The Bertz CT molecular complexity index is 874. The fourth-order valence-corrected chi connectivity index (χ4v) is 2.63. The first-order valence-electron chi connectivity index (χ1n) is 7.92. The van der Waals surface area contributed by atoms with Crippen LogP contribution in [0.2, 0.25) is 0 Å². The zero-order valence-electron chi connectivity index (χ0n) is 13.5. The minimum absolute atomic E-state index is 0.0341. The van der Waals surface area contributed by atoms with Crippen molar-refractivity contribution in [2.45, 2.75) is 6.42 Å². The second kappa shape index (κ2) is 8.40. The number of pyridine rings is 1. The molecular formula is C21H17BrN2O. The lowest BCUT2D eigenvalue weighted by Gasteiger charge is -2.06. The molecule has 0 saturated carbocycles. The van der Waals surface area contributed by atoms with Gasteiger partial charge in [0.15, 0.2) is 0 Å². The molecule has 3 rings (SSSR count). The molecule has 3 aromatic rings. The van der Waals surface area contributed by atoms with E-state index in [0.717, 1.165) is 27.0 Å². The molecule has 0 aliphatic carbocycles. The number of hydrogen-bond acceptors (Lipinski definition) is 2. The molecule has 0 fully saturated rings. The molecule has 0 unspecified atom stereocenters. The number of carbonyl (C=O) groups excluding carboxylic acids is 1. The average Bonchev–Trinajstić information content (AvgIpc) is 2.63. The number of aromatic nitrogens is 1. The van der Waals surface area contributed by atoms with Crippen LogP contribution in [0.5, 0.6) is 0 Å². The van der Waals surface area contributed by atoms with E-state index in [-0.39, 0.29) is 5.91 Å². The molecule has 0 radical (unpaired) electrons. The van der Waals surface area contributed by atoms with Crippen molar-refractivity contribution in [3.63, 3.8) is 0 Å². The lowest BCUT2D eigenvalue weighted by atomic mass is 10.1. The number of halogens is 1. The van der Waals surface area contributed by atoms with Crippen LogP contribution in [-0.4, -0.2) is 10.9 Å². The lowest BCUT2D eigenvalue weighted by Crippen LogP contribution is -2.14. The molecule has 0 aliphatic heterocycles. The van der Waals surface area contributed by atoms with Crippen molar-refractivity contribution in [2.75, 3.05) is 5.32 Å². The van der Waals surface area contributed by atoms with E-state index < -0.39 is 0 Å². The maximum Gasteiger partial charge on any atom is 0.228 e. The van der Waals surface area contributed by atoms with Gasteiger partial charge in [0.05, 0.1) is 12.1 Å². The van der Waals surface area contributed by atoms with Crippen molar-refractivity contribution in [2.24, 2.45) is 0 Å². The van der Waals surface area contributed by atoms with Gasteiger partial charge in [-0.2, -0.15) is 0 Å². The normalized spacial score (nSPS) is 10.8. The third-order valence-electron chi connectivity index (χ3n) is 3.58. The van der Waals surface area contributed by atoms with E-state index >= 15 is 0 Å². The third-order valence-corrected chi connectivity index (χ3v) is 4.11. The Morgan fingerprint density at radius 1 is 1.00 bits per heavy atom. The largest absolute Gasteiger partial charge is 0.326 e. The van der Waals surface area contributed by atoms with Crippen molar-refractivity contribution in [3.05, 3.63) is 94.2 Å². The van der Waals surface area contributed by atoms with Gasteiger partial charge in [-0.05, 0) is 53.6 Å². The van der Waals surface area contributed by atoms with Crippen molar-refractivity contribution in [3.8, 4) is 0 Å². The quantitative estimate of drug-likeness (QED) is 0.648. The first kappa shape index (κ1) is 17.1. The Morgan fingerprint density at radius 2 is 1.84 bits per heavy atom. The molecule has 124 valence electrons. The SMILES string of the molecule is O=C(Cc1ccc(Br)cc1)Nc1cccc(/C=C/c2ccccn2)c1. The number of hydrogen-bond donors (Lipinski definition) is 1. The van der Waals surface area contributed by atoms with Gasteiger partial charge in [0.1, 0.15) is 0 Å². The highest BCUT2D eigenvalue weighted by molar-refractivity contribution is 9.10. The van der Waals surface area contributed by atoms with Crippen molar-refractivity contribution < 1.29 is 4.79 Å². The highest BCUT2D eigenvalue weighted by Gasteiger charge is 2.04. The van der Waals surface area contributed by atoms with Crippen LogP contribution in [0.25, 0.3) is 12.2 Å². The Morgan fingerprint density at radius 3 is 2.60 bits per heavy atom. The minimum atomic E-state index is -0.0341. The Kier molecular flexibility index (Phi) is 5.75. The highest BCUT2D eigenvalue weighted by atomic mass is 79.9. The molecule has 0 bridgehead atoms. The van der Waals surface area contributed by atoms with Gasteiger partial charge >= 0.3 is 0 Å². The van der Waals surface area contributed by atoms with E-state index in [4.69, 9.17) is 0 Å². The Balaban J connectivity index is 1.64. The lowest BCUT2D eigenvalue weighted by molar-refractivity contribution is -0.115. The van der Waals surface area contributed by atoms with Crippen molar-refractivity contribution >= 4 is 39.7 Å². The average molecular weight is 393 g/mol. The number of nitrogens with zero attached hydrogens (tertiary/aromatic N) is 1. The zero-order valence-corrected chi connectivity index (χ0v) is 15.1. The topological polar surface area (TPSA) is 42.0 Å². The molecule has 25 heavy (non-hydrogen) atoms. The summed E-state index contributed by atoms with van der Waals surface area (Å²) in [4.78, 5) is 16.5. The first-order valence-corrected chi connectivity index (χ1v) is 8.72. The molecule has 4 heteroatoms. The molecule has 0 aliphatic rings. The van der Waals surface area contributed by atoms with Gasteiger partial charge in [-0.25, -0.2) is 0 Å². The zero-order chi connectivity index (χ0) is 17.5. The van der Waals surface area contributed by atoms with Gasteiger partial charge in [-0.3, -0.25) is 9.78 Å². The van der Waals surface area contributed by atoms with Crippen LogP contribution in [0, 0.1) is 0 Å². The van der Waals surface area contributed by atoms with Crippen molar-refractivity contribution in [1.29, 1.82) is 0 Å². The summed E-state index contributed by atoms with van der Waals surface area (Å²) >= 11 is 3.39. The van der Waals surface area contributed by atoms with Gasteiger partial charge in [0.25, 0.3) is 0 Å². The van der Waals surface area contributed by atoms with Crippen molar-refractivity contribution in [1.82, 2.24) is 4.98 Å². The summed E-state index contributed by atoms with van der Waals surface area (Å²) < 4.78 is 1.00. The summed E-state index contributed by atoms with van der Waals surface area (Å²) in [6, 6.07) is 21.3. The van der Waals surface area contributed by atoms with E-state index in [9.17, 15) is 4.79 Å². The summed E-state index contributed by atoms with van der Waals surface area (Å²) in [6.07, 6.45) is 6.04. The van der Waals surface area contributed by atoms with Crippen LogP contribution >= 0.6 is 15.9 Å². The minimum Gasteiger partial charge on any atom is -0.326 e. The number of carbonyl (C=O) groups is 1. The van der Waals surface area contributed by atoms with Crippen LogP contribution in [0.3, 0.4) is 0 Å². The second-order valence-corrected chi connectivity index (χ2v) is 6.48. The smallest absolute Gasteiger partial charge is 0.228 e. The number of anilines is 1. The maximum absolute atomic E-state index is 12.2. The van der Waals surface area contributed by atoms with Crippen LogP contribution in [0.4, 0.5) is 5.69 Å². The predicted molar refractivity (Wildman–Crippen MR) is 106 cm³/mol. The van der Waals surface area contributed by atoms with E-state index in [1.165, 1.54) is 0 Å². The van der Waals surface area contributed by atoms with Crippen LogP contribution < -0.4 is 5.32 Å². The van der Waals surface area contributed by atoms with Gasteiger partial charge in [0, 0.05) is 16.4 Å². The first-order chi connectivity index (χ1) is 12.2. The summed E-state index contributed by atoms with van der Waals surface area (Å²) in [5.41, 5.74) is 3.66. The van der Waals surface area contributed by atoms with E-state index in [2.05, 4.69) is 26.2 Å². The number of amides is 1. The van der Waals surface area contributed by atoms with Gasteiger partial charge in [-0.15, -0.1) is 0 Å². The molecule has 0 atom stereocenters. The molecule has 0 saturated heterocycles. The molecule has 1 N–H and O–H groups in total.